The SMILES string of the molecule is CC(C)c1cc(C(C)C)c(-c2ccc[c-]c2P(C2CCCCC2)C2CCCCC2)c(C(C)C)c1.[Au+].[Cl-]. The molecule has 0 heterocycles. The Hall–Kier alpha value is -0.0997. The molecule has 2 aromatic carbocycles. The molecule has 2 aliphatic rings. The average molecular weight is 708 g/mol. The fourth-order valence-electron chi connectivity index (χ4n) is 6.49. The van der Waals surface area contributed by atoms with Crippen molar-refractivity contribution in [2.75, 3.05) is 0 Å². The average Bonchev–Trinajstić information content (AvgIpc) is 2.85. The van der Waals surface area contributed by atoms with Gasteiger partial charge in [0.15, 0.2) is 0 Å². The van der Waals surface area contributed by atoms with Gasteiger partial charge in [-0.25, -0.2) is 0 Å². The van der Waals surface area contributed by atoms with E-state index in [4.69, 9.17) is 0 Å². The van der Waals surface area contributed by atoms with Gasteiger partial charge < -0.3 is 12.4 Å². The molecule has 0 N–H and O–H groups in total. The molecule has 204 valence electrons. The van der Waals surface area contributed by atoms with Gasteiger partial charge in [0.1, 0.15) is 0 Å². The van der Waals surface area contributed by atoms with Crippen molar-refractivity contribution in [3.8, 4) is 11.1 Å². The molecule has 2 saturated carbocycles. The predicted octanol–water partition coefficient (Wildman–Crippen LogP) is 7.30. The quantitative estimate of drug-likeness (QED) is 0.161. The van der Waals surface area contributed by atoms with E-state index in [9.17, 15) is 0 Å². The van der Waals surface area contributed by atoms with Gasteiger partial charge in [-0.05, 0) is 71.4 Å². The zero-order valence-corrected chi connectivity index (χ0v) is 27.3. The van der Waals surface area contributed by atoms with E-state index in [0.717, 1.165) is 11.3 Å². The van der Waals surface area contributed by atoms with Crippen molar-refractivity contribution in [1.29, 1.82) is 0 Å². The Labute approximate surface area is 245 Å². The van der Waals surface area contributed by atoms with E-state index in [1.165, 1.54) is 75.3 Å². The maximum Gasteiger partial charge on any atom is 1.00 e. The summed E-state index contributed by atoms with van der Waals surface area (Å²) < 4.78 is 0. The predicted molar refractivity (Wildman–Crippen MR) is 153 cm³/mol. The van der Waals surface area contributed by atoms with Crippen molar-refractivity contribution in [2.45, 2.75) is 135 Å². The molecule has 36 heavy (non-hydrogen) atoms. The summed E-state index contributed by atoms with van der Waals surface area (Å²) in [5.41, 5.74) is 9.51. The van der Waals surface area contributed by atoms with Crippen LogP contribution in [0.25, 0.3) is 11.1 Å². The first-order valence-corrected chi connectivity index (χ1v) is 15.8. The van der Waals surface area contributed by atoms with Crippen molar-refractivity contribution in [2.24, 2.45) is 0 Å². The fourth-order valence-corrected chi connectivity index (χ4v) is 10.3. The monoisotopic (exact) mass is 707 g/mol. The minimum atomic E-state index is -0.175. The number of benzene rings is 2. The van der Waals surface area contributed by atoms with Gasteiger partial charge in [-0.15, -0.1) is 10.9 Å². The molecule has 2 aliphatic carbocycles. The Balaban J connectivity index is 0.00000228. The summed E-state index contributed by atoms with van der Waals surface area (Å²) in [6.45, 7) is 14.3. The Morgan fingerprint density at radius 2 is 1.19 bits per heavy atom. The molecule has 0 atom stereocenters. The summed E-state index contributed by atoms with van der Waals surface area (Å²) in [4.78, 5) is 0. The van der Waals surface area contributed by atoms with Crippen molar-refractivity contribution in [3.63, 3.8) is 0 Å². The molecule has 2 fully saturated rings. The van der Waals surface area contributed by atoms with Crippen molar-refractivity contribution < 1.29 is 34.8 Å². The van der Waals surface area contributed by atoms with Crippen LogP contribution in [-0.2, 0) is 22.4 Å². The van der Waals surface area contributed by atoms with Crippen molar-refractivity contribution in [1.82, 2.24) is 0 Å². The first kappa shape index (κ1) is 32.1. The molecule has 3 heteroatoms. The van der Waals surface area contributed by atoms with E-state index >= 15 is 0 Å². The van der Waals surface area contributed by atoms with Gasteiger partial charge >= 0.3 is 22.4 Å². The summed E-state index contributed by atoms with van der Waals surface area (Å²) in [5.74, 6) is 1.61. The minimum Gasteiger partial charge on any atom is -1.00 e. The Bertz CT molecular complexity index is 891. The molecule has 0 unspecified atom stereocenters. The smallest absolute Gasteiger partial charge is 1.00 e. The second-order valence-electron chi connectivity index (χ2n) is 12.0. The van der Waals surface area contributed by atoms with E-state index in [0.29, 0.717) is 17.8 Å². The van der Waals surface area contributed by atoms with Crippen LogP contribution in [0.15, 0.2) is 30.3 Å². The Morgan fingerprint density at radius 1 is 0.722 bits per heavy atom. The number of rotatable bonds is 7. The molecule has 4 rings (SSSR count). The van der Waals surface area contributed by atoms with Gasteiger partial charge in [-0.1, -0.05) is 106 Å². The summed E-state index contributed by atoms with van der Waals surface area (Å²) in [5, 5.41) is 1.62. The third-order valence-corrected chi connectivity index (χ3v) is 11.9. The van der Waals surface area contributed by atoms with Crippen molar-refractivity contribution in [3.05, 3.63) is 53.1 Å². The molecule has 0 aliphatic heterocycles. The van der Waals surface area contributed by atoms with E-state index < -0.39 is 0 Å². The van der Waals surface area contributed by atoms with E-state index in [1.54, 1.807) is 22.0 Å². The van der Waals surface area contributed by atoms with Crippen molar-refractivity contribution >= 4 is 13.2 Å². The van der Waals surface area contributed by atoms with Crippen LogP contribution in [0.5, 0.6) is 0 Å². The zero-order valence-electron chi connectivity index (χ0n) is 23.5. The van der Waals surface area contributed by atoms with Crippen LogP contribution in [0.1, 0.15) is 140 Å². The second kappa shape index (κ2) is 14.9. The topological polar surface area (TPSA) is 0 Å². The standard InChI is InChI=1S/C33H48P.Au.ClH/c1-23(2)26-21-30(24(3)4)33(31(22-26)25(5)6)29-19-13-14-20-32(29)34(27-15-9-7-10-16-27)28-17-11-8-12-18-28;;/h13-14,19,21-25,27-28H,7-12,15-18H2,1-6H3;;1H/q-1;+1;/p-1. The van der Waals surface area contributed by atoms with Gasteiger partial charge in [0.25, 0.3) is 0 Å². The Morgan fingerprint density at radius 3 is 1.61 bits per heavy atom. The maximum absolute atomic E-state index is 3.93. The summed E-state index contributed by atoms with van der Waals surface area (Å²) >= 11 is 0. The largest absolute Gasteiger partial charge is 1.00 e. The summed E-state index contributed by atoms with van der Waals surface area (Å²) in [6.07, 6.45) is 14.4. The molecule has 0 amide bonds. The molecule has 0 spiro atoms. The molecular weight excluding hydrogens is 660 g/mol. The summed E-state index contributed by atoms with van der Waals surface area (Å²) in [6, 6.07) is 16.0. The third kappa shape index (κ3) is 7.30. The van der Waals surface area contributed by atoms with Gasteiger partial charge in [0, 0.05) is 0 Å². The molecule has 0 bridgehead atoms. The zero-order chi connectivity index (χ0) is 24.2. The first-order chi connectivity index (χ1) is 16.4. The second-order valence-corrected chi connectivity index (χ2v) is 14.7. The normalized spacial score (nSPS) is 17.5. The van der Waals surface area contributed by atoms with E-state index in [2.05, 4.69) is 77.9 Å². The van der Waals surface area contributed by atoms with E-state index in [-0.39, 0.29) is 42.7 Å². The molecule has 0 radical (unpaired) electrons. The van der Waals surface area contributed by atoms with Crippen LogP contribution in [0.3, 0.4) is 0 Å². The van der Waals surface area contributed by atoms with Crippen LogP contribution >= 0.6 is 7.92 Å². The molecule has 0 saturated heterocycles. The third-order valence-electron chi connectivity index (χ3n) is 8.43. The van der Waals surface area contributed by atoms with Crippen LogP contribution in [0.2, 0.25) is 0 Å². The molecule has 0 nitrogen and oxygen atoms in total. The van der Waals surface area contributed by atoms with Crippen LogP contribution in [-0.4, -0.2) is 11.3 Å². The number of hydrogen-bond acceptors (Lipinski definition) is 0. The first-order valence-electron chi connectivity index (χ1n) is 14.4. The number of halogens is 1. The van der Waals surface area contributed by atoms with Crippen LogP contribution < -0.4 is 17.7 Å². The molecular formula is C33H48AuClP-. The van der Waals surface area contributed by atoms with Gasteiger partial charge in [-0.2, -0.15) is 24.3 Å². The van der Waals surface area contributed by atoms with Crippen LogP contribution in [0.4, 0.5) is 0 Å². The fraction of sp³-hybridized carbons (Fsp3) is 0.636. The van der Waals surface area contributed by atoms with Gasteiger partial charge in [0.2, 0.25) is 0 Å². The molecule has 0 aromatic heterocycles. The molecule has 2 aromatic rings. The minimum absolute atomic E-state index is 0. The van der Waals surface area contributed by atoms with Crippen LogP contribution in [0, 0.1) is 6.07 Å². The van der Waals surface area contributed by atoms with Gasteiger partial charge in [0.05, 0.1) is 0 Å². The number of hydrogen-bond donors (Lipinski definition) is 0. The maximum atomic E-state index is 3.93. The van der Waals surface area contributed by atoms with E-state index in [1.807, 2.05) is 0 Å². The van der Waals surface area contributed by atoms with Gasteiger partial charge in [-0.3, -0.25) is 0 Å². The Kier molecular flexibility index (Phi) is 13.3. The summed E-state index contributed by atoms with van der Waals surface area (Å²) in [7, 11) is -0.175.